The monoisotopic (exact) mass is 428 g/mol. The molecule has 1 aromatic carbocycles. The minimum atomic E-state index is -1.28. The van der Waals surface area contributed by atoms with Crippen molar-refractivity contribution in [1.82, 2.24) is 20.3 Å². The van der Waals surface area contributed by atoms with Gasteiger partial charge < -0.3 is 20.9 Å². The predicted molar refractivity (Wildman–Crippen MR) is 111 cm³/mol. The Hall–Kier alpha value is -3.40. The van der Waals surface area contributed by atoms with Crippen LogP contribution < -0.4 is 16.0 Å². The number of fused-ring (bicyclic) bond motifs is 1. The molecule has 1 aliphatic rings. The highest BCUT2D eigenvalue weighted by molar-refractivity contribution is 6.18. The molecule has 8 nitrogen and oxygen atoms in total. The number of piperidine rings is 1. The van der Waals surface area contributed by atoms with Gasteiger partial charge in [0.2, 0.25) is 5.78 Å². The van der Waals surface area contributed by atoms with Gasteiger partial charge in [0.05, 0.1) is 22.1 Å². The first kappa shape index (κ1) is 20.9. The van der Waals surface area contributed by atoms with Crippen LogP contribution in [0.25, 0.3) is 11.0 Å². The van der Waals surface area contributed by atoms with Crippen molar-refractivity contribution in [2.24, 2.45) is 5.73 Å². The third-order valence-corrected chi connectivity index (χ3v) is 5.64. The van der Waals surface area contributed by atoms with E-state index in [0.717, 1.165) is 38.1 Å². The van der Waals surface area contributed by atoms with Gasteiger partial charge in [-0.2, -0.15) is 0 Å². The third-order valence-electron chi connectivity index (χ3n) is 5.64. The van der Waals surface area contributed by atoms with E-state index < -0.39 is 34.5 Å². The van der Waals surface area contributed by atoms with E-state index in [4.69, 9.17) is 5.73 Å². The van der Waals surface area contributed by atoms with Crippen molar-refractivity contribution in [2.45, 2.75) is 25.8 Å². The smallest absolute Gasteiger partial charge is 0.251 e. The SMILES string of the molecule is CCN(c1ncnc2[nH]cc(C(=O)c3c(F)ccc(C(N)=O)c3F)c12)C1CCNCC1. The molecule has 0 spiro atoms. The molecule has 0 atom stereocenters. The molecule has 0 saturated carbocycles. The lowest BCUT2D eigenvalue weighted by atomic mass is 9.99. The molecule has 4 N–H and O–H groups in total. The van der Waals surface area contributed by atoms with Gasteiger partial charge in [0.25, 0.3) is 5.91 Å². The predicted octanol–water partition coefficient (Wildman–Crippen LogP) is 2.14. The molecule has 3 heterocycles. The average Bonchev–Trinajstić information content (AvgIpc) is 3.20. The Kier molecular flexibility index (Phi) is 5.64. The van der Waals surface area contributed by atoms with Crippen LogP contribution in [0.2, 0.25) is 0 Å². The highest BCUT2D eigenvalue weighted by Crippen LogP contribution is 2.32. The third kappa shape index (κ3) is 3.63. The second-order valence-corrected chi connectivity index (χ2v) is 7.37. The number of nitrogens with two attached hydrogens (primary N) is 1. The number of nitrogens with zero attached hydrogens (tertiary/aromatic N) is 3. The van der Waals surface area contributed by atoms with Gasteiger partial charge in [-0.05, 0) is 45.0 Å². The van der Waals surface area contributed by atoms with Gasteiger partial charge in [0.15, 0.2) is 0 Å². The second kappa shape index (κ2) is 8.38. The Bertz CT molecular complexity index is 1160. The van der Waals surface area contributed by atoms with Gasteiger partial charge in [-0.1, -0.05) is 0 Å². The van der Waals surface area contributed by atoms with E-state index in [9.17, 15) is 18.4 Å². The molecule has 0 radical (unpaired) electrons. The van der Waals surface area contributed by atoms with Gasteiger partial charge >= 0.3 is 0 Å². The summed E-state index contributed by atoms with van der Waals surface area (Å²) in [6.45, 7) is 4.35. The number of primary amides is 1. The van der Waals surface area contributed by atoms with Gasteiger partial charge in [0.1, 0.15) is 29.4 Å². The Morgan fingerprint density at radius 2 is 1.94 bits per heavy atom. The standard InChI is InChI=1S/C21H22F2N6O2/c1-2-29(11-5-7-25-8-6-11)21-15-13(9-26-20(15)27-10-28-21)18(30)16-14(22)4-3-12(17(16)23)19(24)31/h3-4,9-11,25H,2,5-8H2,1H3,(H2,24,31)(H,26,27,28). The van der Waals surface area contributed by atoms with Crippen molar-refractivity contribution in [1.29, 1.82) is 0 Å². The van der Waals surface area contributed by atoms with E-state index in [0.29, 0.717) is 23.4 Å². The highest BCUT2D eigenvalue weighted by Gasteiger charge is 2.29. The molecule has 162 valence electrons. The summed E-state index contributed by atoms with van der Waals surface area (Å²) in [6.07, 6.45) is 4.55. The number of halogens is 2. The van der Waals surface area contributed by atoms with E-state index in [1.165, 1.54) is 12.5 Å². The van der Waals surface area contributed by atoms with Gasteiger partial charge in [-0.25, -0.2) is 18.7 Å². The van der Waals surface area contributed by atoms with Crippen molar-refractivity contribution in [3.8, 4) is 0 Å². The molecule has 3 aromatic rings. The molecule has 1 saturated heterocycles. The summed E-state index contributed by atoms with van der Waals surface area (Å²) >= 11 is 0. The summed E-state index contributed by atoms with van der Waals surface area (Å²) in [4.78, 5) is 38.3. The van der Waals surface area contributed by atoms with E-state index in [-0.39, 0.29) is 11.6 Å². The van der Waals surface area contributed by atoms with E-state index >= 15 is 0 Å². The fourth-order valence-corrected chi connectivity index (χ4v) is 4.13. The number of carbonyl (C=O) groups is 2. The van der Waals surface area contributed by atoms with Crippen molar-refractivity contribution >= 4 is 28.5 Å². The lowest BCUT2D eigenvalue weighted by molar-refractivity contribution is 0.0996. The van der Waals surface area contributed by atoms with Crippen LogP contribution in [0.1, 0.15) is 46.0 Å². The van der Waals surface area contributed by atoms with Crippen LogP contribution >= 0.6 is 0 Å². The summed E-state index contributed by atoms with van der Waals surface area (Å²) in [7, 11) is 0. The lowest BCUT2D eigenvalue weighted by Gasteiger charge is -2.35. The van der Waals surface area contributed by atoms with Gasteiger partial charge in [-0.15, -0.1) is 0 Å². The van der Waals surface area contributed by atoms with Crippen LogP contribution in [0.3, 0.4) is 0 Å². The number of ketones is 1. The fraction of sp³-hybridized carbons (Fsp3) is 0.333. The largest absolute Gasteiger partial charge is 0.366 e. The molecule has 0 aliphatic carbocycles. The molecule has 31 heavy (non-hydrogen) atoms. The van der Waals surface area contributed by atoms with Gasteiger partial charge in [-0.3, -0.25) is 9.59 Å². The van der Waals surface area contributed by atoms with E-state index in [1.54, 1.807) is 0 Å². The summed E-state index contributed by atoms with van der Waals surface area (Å²) in [5.74, 6) is -3.84. The van der Waals surface area contributed by atoms with Crippen molar-refractivity contribution in [3.05, 3.63) is 53.0 Å². The molecule has 4 rings (SSSR count). The first-order chi connectivity index (χ1) is 14.9. The fourth-order valence-electron chi connectivity index (χ4n) is 4.13. The number of benzene rings is 1. The topological polar surface area (TPSA) is 117 Å². The number of rotatable bonds is 6. The maximum Gasteiger partial charge on any atom is 0.251 e. The Labute approximate surface area is 176 Å². The minimum Gasteiger partial charge on any atom is -0.366 e. The van der Waals surface area contributed by atoms with Crippen molar-refractivity contribution < 1.29 is 18.4 Å². The maximum atomic E-state index is 14.8. The molecule has 2 aromatic heterocycles. The normalized spacial score (nSPS) is 14.7. The Balaban J connectivity index is 1.86. The Morgan fingerprint density at radius 3 is 2.61 bits per heavy atom. The van der Waals surface area contributed by atoms with Crippen LogP contribution in [-0.4, -0.2) is 52.3 Å². The van der Waals surface area contributed by atoms with E-state index in [1.807, 2.05) is 6.92 Å². The molecule has 1 aliphatic heterocycles. The number of H-pyrrole nitrogens is 1. The zero-order valence-electron chi connectivity index (χ0n) is 16.9. The number of aromatic nitrogens is 3. The average molecular weight is 428 g/mol. The molecule has 0 bridgehead atoms. The van der Waals surface area contributed by atoms with Crippen LogP contribution in [0.4, 0.5) is 14.6 Å². The number of nitrogens with one attached hydrogen (secondary N) is 2. The number of anilines is 1. The highest BCUT2D eigenvalue weighted by atomic mass is 19.1. The zero-order valence-corrected chi connectivity index (χ0v) is 16.9. The molecular formula is C21H22F2N6O2. The number of carbonyl (C=O) groups excluding carboxylic acids is 2. The molecule has 1 fully saturated rings. The summed E-state index contributed by atoms with van der Waals surface area (Å²) in [5, 5.41) is 3.70. The lowest BCUT2D eigenvalue weighted by Crippen LogP contribution is -2.43. The van der Waals surface area contributed by atoms with Crippen LogP contribution in [0.15, 0.2) is 24.7 Å². The van der Waals surface area contributed by atoms with E-state index in [2.05, 4.69) is 25.2 Å². The number of amides is 1. The molecule has 1 amide bonds. The van der Waals surface area contributed by atoms with Crippen molar-refractivity contribution in [3.63, 3.8) is 0 Å². The first-order valence-corrected chi connectivity index (χ1v) is 10.1. The Morgan fingerprint density at radius 1 is 1.19 bits per heavy atom. The molecule has 10 heteroatoms. The maximum absolute atomic E-state index is 14.8. The summed E-state index contributed by atoms with van der Waals surface area (Å²) < 4.78 is 29.3. The van der Waals surface area contributed by atoms with Crippen LogP contribution in [-0.2, 0) is 0 Å². The summed E-state index contributed by atoms with van der Waals surface area (Å²) in [6, 6.07) is 1.98. The van der Waals surface area contributed by atoms with Gasteiger partial charge in [0, 0.05) is 18.8 Å². The summed E-state index contributed by atoms with van der Waals surface area (Å²) in [5.41, 5.74) is 4.18. The van der Waals surface area contributed by atoms with Crippen LogP contribution in [0, 0.1) is 11.6 Å². The zero-order chi connectivity index (χ0) is 22.1. The number of aromatic amines is 1. The van der Waals surface area contributed by atoms with Crippen molar-refractivity contribution in [2.75, 3.05) is 24.5 Å². The number of hydrogen-bond acceptors (Lipinski definition) is 6. The van der Waals surface area contributed by atoms with Crippen LogP contribution in [0.5, 0.6) is 0 Å². The quantitative estimate of drug-likeness (QED) is 0.518. The second-order valence-electron chi connectivity index (χ2n) is 7.37. The molecule has 0 unspecified atom stereocenters. The first-order valence-electron chi connectivity index (χ1n) is 10.1. The number of hydrogen-bond donors (Lipinski definition) is 3. The minimum absolute atomic E-state index is 0.0254. The molecular weight excluding hydrogens is 406 g/mol.